The summed E-state index contributed by atoms with van der Waals surface area (Å²) >= 11 is 1.83. The van der Waals surface area contributed by atoms with Gasteiger partial charge in [-0.2, -0.15) is 0 Å². The van der Waals surface area contributed by atoms with Crippen LogP contribution in [0.1, 0.15) is 25.3 Å². The summed E-state index contributed by atoms with van der Waals surface area (Å²) in [6, 6.07) is 32.5. The van der Waals surface area contributed by atoms with Gasteiger partial charge in [0.15, 0.2) is 0 Å². The van der Waals surface area contributed by atoms with Crippen molar-refractivity contribution in [1.82, 2.24) is 4.98 Å². The first-order valence-electron chi connectivity index (χ1n) is 10.3. The lowest BCUT2D eigenvalue weighted by Gasteiger charge is -2.05. The highest BCUT2D eigenvalue weighted by Gasteiger charge is 2.09. The van der Waals surface area contributed by atoms with Crippen LogP contribution in [-0.4, -0.2) is 4.98 Å². The SMILES string of the molecule is CC(C)c1ccc(-c2cc3cnc(-c4cccc(-c5ccccc5)c4)cc3s2)cc1. The van der Waals surface area contributed by atoms with Gasteiger partial charge >= 0.3 is 0 Å². The molecule has 0 spiro atoms. The molecule has 5 rings (SSSR count). The Morgan fingerprint density at radius 1 is 0.667 bits per heavy atom. The molecule has 30 heavy (non-hydrogen) atoms. The summed E-state index contributed by atoms with van der Waals surface area (Å²) in [5, 5.41) is 1.20. The van der Waals surface area contributed by atoms with Gasteiger partial charge in [0, 0.05) is 26.7 Å². The van der Waals surface area contributed by atoms with Crippen LogP contribution in [0.25, 0.3) is 42.9 Å². The van der Waals surface area contributed by atoms with Crippen molar-refractivity contribution >= 4 is 21.4 Å². The molecular formula is C28H23NS. The van der Waals surface area contributed by atoms with E-state index in [1.165, 1.54) is 37.2 Å². The monoisotopic (exact) mass is 405 g/mol. The van der Waals surface area contributed by atoms with Gasteiger partial charge in [-0.1, -0.05) is 86.6 Å². The first-order valence-corrected chi connectivity index (χ1v) is 11.1. The molecule has 146 valence electrons. The van der Waals surface area contributed by atoms with Crippen molar-refractivity contribution in [3.8, 4) is 32.8 Å². The number of thiophene rings is 1. The Labute approximate surface area is 181 Å². The molecule has 0 amide bonds. The smallest absolute Gasteiger partial charge is 0.0716 e. The van der Waals surface area contributed by atoms with Crippen molar-refractivity contribution in [3.05, 3.63) is 103 Å². The van der Waals surface area contributed by atoms with Crippen LogP contribution in [0.4, 0.5) is 0 Å². The number of hydrogen-bond acceptors (Lipinski definition) is 2. The molecule has 0 N–H and O–H groups in total. The van der Waals surface area contributed by atoms with Crippen LogP contribution >= 0.6 is 11.3 Å². The van der Waals surface area contributed by atoms with Crippen molar-refractivity contribution in [2.45, 2.75) is 19.8 Å². The highest BCUT2D eigenvalue weighted by molar-refractivity contribution is 7.22. The van der Waals surface area contributed by atoms with Crippen molar-refractivity contribution in [3.63, 3.8) is 0 Å². The normalized spacial score (nSPS) is 11.3. The Morgan fingerprint density at radius 2 is 1.40 bits per heavy atom. The number of fused-ring (bicyclic) bond motifs is 1. The molecule has 2 heterocycles. The molecule has 0 aliphatic carbocycles. The summed E-state index contributed by atoms with van der Waals surface area (Å²) in [5.41, 5.74) is 7.25. The predicted octanol–water partition coefficient (Wildman–Crippen LogP) is 8.42. The number of rotatable bonds is 4. The van der Waals surface area contributed by atoms with Gasteiger partial charge in [0.2, 0.25) is 0 Å². The topological polar surface area (TPSA) is 12.9 Å². The molecule has 0 unspecified atom stereocenters. The van der Waals surface area contributed by atoms with Crippen molar-refractivity contribution in [1.29, 1.82) is 0 Å². The van der Waals surface area contributed by atoms with E-state index in [9.17, 15) is 0 Å². The fourth-order valence-corrected chi connectivity index (χ4v) is 4.83. The zero-order valence-electron chi connectivity index (χ0n) is 17.2. The number of pyridine rings is 1. The van der Waals surface area contributed by atoms with E-state index in [4.69, 9.17) is 4.98 Å². The minimum Gasteiger partial charge on any atom is -0.256 e. The third-order valence-electron chi connectivity index (χ3n) is 5.53. The van der Waals surface area contributed by atoms with Crippen molar-refractivity contribution < 1.29 is 0 Å². The largest absolute Gasteiger partial charge is 0.256 e. The van der Waals surface area contributed by atoms with Crippen LogP contribution in [-0.2, 0) is 0 Å². The Kier molecular flexibility index (Phi) is 4.94. The Hall–Kier alpha value is -3.23. The van der Waals surface area contributed by atoms with E-state index in [1.54, 1.807) is 0 Å². The van der Waals surface area contributed by atoms with E-state index in [1.807, 2.05) is 23.6 Å². The number of benzene rings is 3. The lowest BCUT2D eigenvalue weighted by molar-refractivity contribution is 0.867. The molecule has 0 aliphatic rings. The van der Waals surface area contributed by atoms with Gasteiger partial charge in [-0.25, -0.2) is 0 Å². The van der Waals surface area contributed by atoms with Crippen LogP contribution < -0.4 is 0 Å². The van der Waals surface area contributed by atoms with Crippen LogP contribution in [0.15, 0.2) is 97.2 Å². The summed E-state index contributed by atoms with van der Waals surface area (Å²) in [5.74, 6) is 0.555. The van der Waals surface area contributed by atoms with E-state index >= 15 is 0 Å². The van der Waals surface area contributed by atoms with Crippen LogP contribution in [0.2, 0.25) is 0 Å². The van der Waals surface area contributed by atoms with E-state index in [0.29, 0.717) is 5.92 Å². The Morgan fingerprint density at radius 3 is 2.17 bits per heavy atom. The van der Waals surface area contributed by atoms with E-state index in [2.05, 4.69) is 98.8 Å². The highest BCUT2D eigenvalue weighted by Crippen LogP contribution is 2.36. The molecule has 0 bridgehead atoms. The fourth-order valence-electron chi connectivity index (χ4n) is 3.75. The lowest BCUT2D eigenvalue weighted by Crippen LogP contribution is -1.85. The minimum absolute atomic E-state index is 0.555. The van der Waals surface area contributed by atoms with Gasteiger partial charge in [-0.05, 0) is 46.4 Å². The quantitative estimate of drug-likeness (QED) is 0.292. The minimum atomic E-state index is 0.555. The van der Waals surface area contributed by atoms with Crippen molar-refractivity contribution in [2.24, 2.45) is 0 Å². The Balaban J connectivity index is 1.50. The average molecular weight is 406 g/mol. The second kappa shape index (κ2) is 7.89. The van der Waals surface area contributed by atoms with Crippen LogP contribution in [0.3, 0.4) is 0 Å². The average Bonchev–Trinajstić information content (AvgIpc) is 3.23. The number of aromatic nitrogens is 1. The zero-order valence-corrected chi connectivity index (χ0v) is 18.0. The first kappa shape index (κ1) is 18.8. The molecule has 2 heteroatoms. The third kappa shape index (κ3) is 3.67. The van der Waals surface area contributed by atoms with Gasteiger partial charge in [0.05, 0.1) is 5.69 Å². The standard InChI is InChI=1S/C28H23NS/c1-19(2)20-11-13-22(14-12-20)27-16-25-18-29-26(17-28(25)30-27)24-10-6-9-23(15-24)21-7-4-3-5-8-21/h3-19H,1-2H3. The van der Waals surface area contributed by atoms with E-state index < -0.39 is 0 Å². The summed E-state index contributed by atoms with van der Waals surface area (Å²) in [4.78, 5) is 6.05. The van der Waals surface area contributed by atoms with Gasteiger partial charge in [0.25, 0.3) is 0 Å². The van der Waals surface area contributed by atoms with E-state index in [0.717, 1.165) is 11.3 Å². The van der Waals surface area contributed by atoms with Gasteiger partial charge < -0.3 is 0 Å². The maximum Gasteiger partial charge on any atom is 0.0716 e. The Bertz CT molecular complexity index is 1300. The molecule has 0 fully saturated rings. The first-order chi connectivity index (χ1) is 14.7. The number of nitrogens with zero attached hydrogens (tertiary/aromatic N) is 1. The maximum atomic E-state index is 4.76. The van der Waals surface area contributed by atoms with Gasteiger partial charge in [0.1, 0.15) is 0 Å². The summed E-state index contributed by atoms with van der Waals surface area (Å²) in [6.45, 7) is 4.46. The third-order valence-corrected chi connectivity index (χ3v) is 6.68. The summed E-state index contributed by atoms with van der Waals surface area (Å²) in [6.07, 6.45) is 2.00. The summed E-state index contributed by atoms with van der Waals surface area (Å²) in [7, 11) is 0. The van der Waals surface area contributed by atoms with Gasteiger partial charge in [-0.15, -0.1) is 11.3 Å². The second-order valence-electron chi connectivity index (χ2n) is 7.94. The van der Waals surface area contributed by atoms with Crippen molar-refractivity contribution in [2.75, 3.05) is 0 Å². The molecule has 0 atom stereocenters. The molecule has 0 saturated heterocycles. The van der Waals surface area contributed by atoms with Crippen LogP contribution in [0, 0.1) is 0 Å². The molecule has 0 radical (unpaired) electrons. The zero-order chi connectivity index (χ0) is 20.5. The fraction of sp³-hybridized carbons (Fsp3) is 0.107. The molecule has 2 aromatic heterocycles. The molecular weight excluding hydrogens is 382 g/mol. The summed E-state index contributed by atoms with van der Waals surface area (Å²) < 4.78 is 1.27. The van der Waals surface area contributed by atoms with Gasteiger partial charge in [-0.3, -0.25) is 4.98 Å². The maximum absolute atomic E-state index is 4.76. The highest BCUT2D eigenvalue weighted by atomic mass is 32.1. The molecule has 3 aromatic carbocycles. The number of hydrogen-bond donors (Lipinski definition) is 0. The lowest BCUT2D eigenvalue weighted by atomic mass is 10.0. The molecule has 1 nitrogen and oxygen atoms in total. The molecule has 0 aliphatic heterocycles. The molecule has 0 saturated carbocycles. The molecule has 5 aromatic rings. The predicted molar refractivity (Wildman–Crippen MR) is 130 cm³/mol. The second-order valence-corrected chi connectivity index (χ2v) is 9.03. The van der Waals surface area contributed by atoms with Crippen LogP contribution in [0.5, 0.6) is 0 Å². The van der Waals surface area contributed by atoms with E-state index in [-0.39, 0.29) is 0 Å².